The fourth-order valence-electron chi connectivity index (χ4n) is 6.80. The highest BCUT2D eigenvalue weighted by Crippen LogP contribution is 2.43. The Morgan fingerprint density at radius 1 is 0.978 bits per heavy atom. The van der Waals surface area contributed by atoms with Crippen LogP contribution in [0.2, 0.25) is 0 Å². The number of hydrogen-bond acceptors (Lipinski definition) is 4. The molecule has 248 valence electrons. The number of hydrogen-bond donors (Lipinski definition) is 1. The van der Waals surface area contributed by atoms with Crippen LogP contribution >= 0.6 is 0 Å². The van der Waals surface area contributed by atoms with Crippen LogP contribution in [0.1, 0.15) is 93.9 Å². The molecule has 2 aliphatic rings. The van der Waals surface area contributed by atoms with Crippen LogP contribution < -0.4 is 5.32 Å². The molecule has 5 nitrogen and oxygen atoms in total. The first-order chi connectivity index (χ1) is 21.1. The van der Waals surface area contributed by atoms with Crippen molar-refractivity contribution in [3.8, 4) is 0 Å². The Hall–Kier alpha value is -3.08. The van der Waals surface area contributed by atoms with E-state index in [4.69, 9.17) is 4.74 Å². The molecule has 0 radical (unpaired) electrons. The number of nitrogens with zero attached hydrogens (tertiary/aromatic N) is 1. The van der Waals surface area contributed by atoms with E-state index < -0.39 is 46.3 Å². The van der Waals surface area contributed by atoms with Crippen LogP contribution in [0, 0.1) is 11.3 Å². The largest absolute Gasteiger partial charge is 0.466 e. The summed E-state index contributed by atoms with van der Waals surface area (Å²) in [7, 11) is 0. The van der Waals surface area contributed by atoms with Crippen LogP contribution in [0.4, 0.5) is 26.3 Å². The summed E-state index contributed by atoms with van der Waals surface area (Å²) >= 11 is 0. The molecule has 0 unspecified atom stereocenters. The standard InChI is InChI=1S/C34H42F6N2O3/c1-4-45-30(44)31(3)14-8-17-42(22-31)18-13-24-11-15-32(16-12-24,26-9-6-5-7-10-26)41-29(43)23(2)25-19-27(33(35,36)37)21-28(20-25)34(38,39)40/h5-7,9-10,19-21,23-24H,4,8,11-18,22H2,1-3H3,(H,41,43)/t23-,24?,31+,32?/m0/s1. The Balaban J connectivity index is 1.46. The second-order valence-corrected chi connectivity index (χ2v) is 12.9. The number of carbonyl (C=O) groups excluding carboxylic acids is 2. The maximum absolute atomic E-state index is 13.6. The molecule has 2 fully saturated rings. The van der Waals surface area contributed by atoms with E-state index in [0.29, 0.717) is 44.0 Å². The molecule has 1 heterocycles. The van der Waals surface area contributed by atoms with Gasteiger partial charge in [0.15, 0.2) is 0 Å². The second-order valence-electron chi connectivity index (χ2n) is 12.9. The van der Waals surface area contributed by atoms with E-state index in [-0.39, 0.29) is 17.6 Å². The quantitative estimate of drug-likeness (QED) is 0.223. The van der Waals surface area contributed by atoms with E-state index in [2.05, 4.69) is 10.2 Å². The molecule has 4 rings (SSSR count). The Bertz CT molecular complexity index is 1290. The number of likely N-dealkylation sites (tertiary alicyclic amines) is 1. The van der Waals surface area contributed by atoms with Crippen molar-refractivity contribution < 1.29 is 40.7 Å². The van der Waals surface area contributed by atoms with Gasteiger partial charge in [-0.25, -0.2) is 0 Å². The number of halogens is 6. The Morgan fingerprint density at radius 2 is 1.58 bits per heavy atom. The zero-order chi connectivity index (χ0) is 33.0. The summed E-state index contributed by atoms with van der Waals surface area (Å²) in [5.41, 5.74) is -3.70. The van der Waals surface area contributed by atoms with E-state index in [1.165, 1.54) is 6.92 Å². The van der Waals surface area contributed by atoms with Crippen LogP contribution in [0.15, 0.2) is 48.5 Å². The van der Waals surface area contributed by atoms with Gasteiger partial charge in [-0.05, 0) is 114 Å². The van der Waals surface area contributed by atoms with Crippen molar-refractivity contribution in [3.63, 3.8) is 0 Å². The van der Waals surface area contributed by atoms with E-state index in [1.54, 1.807) is 6.92 Å². The number of nitrogens with one attached hydrogen (secondary N) is 1. The van der Waals surface area contributed by atoms with E-state index in [1.807, 2.05) is 37.3 Å². The molecule has 2 aromatic carbocycles. The number of ether oxygens (including phenoxy) is 1. The highest BCUT2D eigenvalue weighted by atomic mass is 19.4. The predicted octanol–water partition coefficient (Wildman–Crippen LogP) is 8.08. The maximum atomic E-state index is 13.6. The van der Waals surface area contributed by atoms with Crippen molar-refractivity contribution in [2.75, 3.05) is 26.2 Å². The van der Waals surface area contributed by atoms with Crippen molar-refractivity contribution in [1.29, 1.82) is 0 Å². The summed E-state index contributed by atoms with van der Waals surface area (Å²) in [5, 5.41) is 3.06. The second kappa shape index (κ2) is 13.7. The van der Waals surface area contributed by atoms with Crippen molar-refractivity contribution in [2.24, 2.45) is 11.3 Å². The number of rotatable bonds is 9. The Labute approximate surface area is 260 Å². The van der Waals surface area contributed by atoms with Gasteiger partial charge in [-0.3, -0.25) is 9.59 Å². The summed E-state index contributed by atoms with van der Waals surface area (Å²) in [5.74, 6) is -1.68. The fourth-order valence-corrected chi connectivity index (χ4v) is 6.80. The van der Waals surface area contributed by atoms with Gasteiger partial charge in [-0.2, -0.15) is 26.3 Å². The molecule has 0 aromatic heterocycles. The first kappa shape index (κ1) is 34.8. The summed E-state index contributed by atoms with van der Waals surface area (Å²) in [6.45, 7) is 7.83. The van der Waals surface area contributed by atoms with Crippen LogP contribution in [0.3, 0.4) is 0 Å². The third-order valence-corrected chi connectivity index (χ3v) is 9.55. The van der Waals surface area contributed by atoms with Gasteiger partial charge in [-0.15, -0.1) is 0 Å². The smallest absolute Gasteiger partial charge is 0.416 e. The van der Waals surface area contributed by atoms with Gasteiger partial charge in [0, 0.05) is 6.54 Å². The van der Waals surface area contributed by atoms with E-state index >= 15 is 0 Å². The normalized spacial score (nSPS) is 25.4. The fraction of sp³-hybridized carbons (Fsp3) is 0.588. The molecule has 1 saturated heterocycles. The molecular weight excluding hydrogens is 598 g/mol. The number of piperidine rings is 1. The number of alkyl halides is 6. The molecule has 45 heavy (non-hydrogen) atoms. The zero-order valence-electron chi connectivity index (χ0n) is 26.0. The van der Waals surface area contributed by atoms with Gasteiger partial charge in [-0.1, -0.05) is 30.3 Å². The molecule has 0 bridgehead atoms. The zero-order valence-corrected chi connectivity index (χ0v) is 26.0. The number of esters is 1. The molecule has 1 aliphatic carbocycles. The van der Waals surface area contributed by atoms with E-state index in [9.17, 15) is 35.9 Å². The minimum absolute atomic E-state index is 0.0715. The van der Waals surface area contributed by atoms with Gasteiger partial charge in [0.1, 0.15) is 0 Å². The predicted molar refractivity (Wildman–Crippen MR) is 158 cm³/mol. The highest BCUT2D eigenvalue weighted by molar-refractivity contribution is 5.84. The van der Waals surface area contributed by atoms with Crippen molar-refractivity contribution in [3.05, 3.63) is 70.8 Å². The minimum atomic E-state index is -5.00. The van der Waals surface area contributed by atoms with Gasteiger partial charge < -0.3 is 15.0 Å². The first-order valence-corrected chi connectivity index (χ1v) is 15.6. The SMILES string of the molecule is CCOC(=O)[C@]1(C)CCCN(CCC2CCC(NC(=O)[C@@H](C)c3cc(C(F)(F)F)cc(C(F)(F)F)c3)(c3ccccc3)CC2)C1. The molecule has 1 aliphatic heterocycles. The summed E-state index contributed by atoms with van der Waals surface area (Å²) < 4.78 is 86.2. The lowest BCUT2D eigenvalue weighted by molar-refractivity contribution is -0.157. The summed E-state index contributed by atoms with van der Waals surface area (Å²) in [6.07, 6.45) is -4.64. The number of benzene rings is 2. The third-order valence-electron chi connectivity index (χ3n) is 9.55. The Kier molecular flexibility index (Phi) is 10.6. The average molecular weight is 641 g/mol. The lowest BCUT2D eigenvalue weighted by Crippen LogP contribution is -2.50. The minimum Gasteiger partial charge on any atom is -0.466 e. The molecule has 11 heteroatoms. The topological polar surface area (TPSA) is 58.6 Å². The summed E-state index contributed by atoms with van der Waals surface area (Å²) in [6, 6.07) is 10.6. The highest BCUT2D eigenvalue weighted by Gasteiger charge is 2.42. The summed E-state index contributed by atoms with van der Waals surface area (Å²) in [4.78, 5) is 28.4. The van der Waals surface area contributed by atoms with Crippen molar-refractivity contribution >= 4 is 11.9 Å². The van der Waals surface area contributed by atoms with Crippen LogP contribution in [0.5, 0.6) is 0 Å². The van der Waals surface area contributed by atoms with Crippen LogP contribution in [0.25, 0.3) is 0 Å². The van der Waals surface area contributed by atoms with Crippen LogP contribution in [-0.2, 0) is 32.2 Å². The maximum Gasteiger partial charge on any atom is 0.416 e. The first-order valence-electron chi connectivity index (χ1n) is 15.6. The molecule has 2 atom stereocenters. The van der Waals surface area contributed by atoms with Gasteiger partial charge in [0.25, 0.3) is 0 Å². The Morgan fingerprint density at radius 3 is 2.13 bits per heavy atom. The number of carbonyl (C=O) groups is 2. The lowest BCUT2D eigenvalue weighted by Gasteiger charge is -2.43. The van der Waals surface area contributed by atoms with Crippen molar-refractivity contribution in [2.45, 2.75) is 89.5 Å². The lowest BCUT2D eigenvalue weighted by atomic mass is 9.71. The monoisotopic (exact) mass is 640 g/mol. The number of amides is 1. The molecule has 1 amide bonds. The van der Waals surface area contributed by atoms with Gasteiger partial charge in [0.05, 0.1) is 34.6 Å². The van der Waals surface area contributed by atoms with E-state index in [0.717, 1.165) is 50.8 Å². The molecule has 0 spiro atoms. The average Bonchev–Trinajstić information content (AvgIpc) is 3.00. The van der Waals surface area contributed by atoms with Gasteiger partial charge in [0.2, 0.25) is 5.91 Å². The molecular formula is C34H42F6N2O3. The molecule has 1 N–H and O–H groups in total. The van der Waals surface area contributed by atoms with Crippen molar-refractivity contribution in [1.82, 2.24) is 10.2 Å². The van der Waals surface area contributed by atoms with Crippen LogP contribution in [-0.4, -0.2) is 43.0 Å². The molecule has 2 aromatic rings. The third kappa shape index (κ3) is 8.40. The molecule has 1 saturated carbocycles. The van der Waals surface area contributed by atoms with Gasteiger partial charge >= 0.3 is 18.3 Å².